The molecule has 0 saturated carbocycles. The molecule has 0 fully saturated rings. The molecule has 30 heavy (non-hydrogen) atoms. The van der Waals surface area contributed by atoms with Crippen molar-refractivity contribution in [3.8, 4) is 11.3 Å². The molecular formula is C21H19F3N6. The summed E-state index contributed by atoms with van der Waals surface area (Å²) in [5, 5.41) is 8.13. The summed E-state index contributed by atoms with van der Waals surface area (Å²) in [5.74, 6) is 1.08. The van der Waals surface area contributed by atoms with Gasteiger partial charge in [0.1, 0.15) is 11.6 Å². The Balaban J connectivity index is 1.73. The predicted molar refractivity (Wildman–Crippen MR) is 108 cm³/mol. The summed E-state index contributed by atoms with van der Waals surface area (Å²) in [6.45, 7) is 3.55. The zero-order chi connectivity index (χ0) is 21.5. The first kappa shape index (κ1) is 19.8. The number of fused-ring (bicyclic) bond motifs is 1. The minimum Gasteiger partial charge on any atom is -0.363 e. The highest BCUT2D eigenvalue weighted by atomic mass is 19.4. The fraction of sp³-hybridized carbons (Fsp3) is 0.238. The number of aryl methyl sites for hydroxylation is 2. The van der Waals surface area contributed by atoms with E-state index < -0.39 is 17.8 Å². The minimum atomic E-state index is -4.39. The Morgan fingerprint density at radius 1 is 1.10 bits per heavy atom. The van der Waals surface area contributed by atoms with Crippen LogP contribution >= 0.6 is 0 Å². The quantitative estimate of drug-likeness (QED) is 0.515. The average Bonchev–Trinajstić information content (AvgIpc) is 3.13. The van der Waals surface area contributed by atoms with E-state index in [-0.39, 0.29) is 0 Å². The van der Waals surface area contributed by atoms with E-state index in [1.54, 1.807) is 37.0 Å². The van der Waals surface area contributed by atoms with Crippen LogP contribution in [-0.2, 0) is 13.2 Å². The van der Waals surface area contributed by atoms with Crippen molar-refractivity contribution in [2.45, 2.75) is 26.1 Å². The van der Waals surface area contributed by atoms with E-state index in [1.165, 1.54) is 6.07 Å². The molecule has 0 aliphatic heterocycles. The van der Waals surface area contributed by atoms with Gasteiger partial charge in [0.05, 0.1) is 29.2 Å². The highest BCUT2D eigenvalue weighted by Crippen LogP contribution is 2.32. The van der Waals surface area contributed by atoms with Crippen LogP contribution in [0.5, 0.6) is 0 Å². The molecule has 0 saturated heterocycles. The molecule has 9 heteroatoms. The summed E-state index contributed by atoms with van der Waals surface area (Å²) in [4.78, 5) is 13.4. The van der Waals surface area contributed by atoms with Crippen LogP contribution in [0.1, 0.15) is 29.9 Å². The number of pyridine rings is 1. The van der Waals surface area contributed by atoms with E-state index in [9.17, 15) is 13.2 Å². The molecule has 1 N–H and O–H groups in total. The molecule has 0 spiro atoms. The number of nitrogens with zero attached hydrogens (tertiary/aromatic N) is 5. The number of alkyl halides is 3. The largest absolute Gasteiger partial charge is 0.416 e. The van der Waals surface area contributed by atoms with Crippen LogP contribution in [0.2, 0.25) is 0 Å². The Kier molecular flexibility index (Phi) is 4.89. The third-order valence-electron chi connectivity index (χ3n) is 4.76. The zero-order valence-corrected chi connectivity index (χ0v) is 16.6. The van der Waals surface area contributed by atoms with Gasteiger partial charge in [0.2, 0.25) is 0 Å². The van der Waals surface area contributed by atoms with Crippen LogP contribution < -0.4 is 5.32 Å². The van der Waals surface area contributed by atoms with Crippen LogP contribution in [-0.4, -0.2) is 24.7 Å². The van der Waals surface area contributed by atoms with E-state index in [0.29, 0.717) is 28.4 Å². The first-order valence-corrected chi connectivity index (χ1v) is 9.28. The highest BCUT2D eigenvalue weighted by molar-refractivity contribution is 5.91. The zero-order valence-electron chi connectivity index (χ0n) is 16.6. The normalized spacial score (nSPS) is 12.9. The Morgan fingerprint density at radius 2 is 1.90 bits per heavy atom. The fourth-order valence-corrected chi connectivity index (χ4v) is 3.24. The van der Waals surface area contributed by atoms with Crippen LogP contribution in [0.25, 0.3) is 22.2 Å². The van der Waals surface area contributed by atoms with Crippen molar-refractivity contribution >= 4 is 16.7 Å². The molecule has 0 radical (unpaired) electrons. The van der Waals surface area contributed by atoms with Crippen LogP contribution in [0.15, 0.2) is 48.9 Å². The molecular weight excluding hydrogens is 393 g/mol. The van der Waals surface area contributed by atoms with Crippen molar-refractivity contribution in [3.63, 3.8) is 0 Å². The molecule has 3 heterocycles. The molecule has 3 aromatic heterocycles. The van der Waals surface area contributed by atoms with Crippen LogP contribution in [0.3, 0.4) is 0 Å². The molecule has 1 aromatic carbocycles. The Hall–Kier alpha value is -3.49. The molecule has 4 aromatic rings. The Bertz CT molecular complexity index is 1220. The van der Waals surface area contributed by atoms with Crippen LogP contribution in [0, 0.1) is 6.92 Å². The third kappa shape index (κ3) is 3.96. The van der Waals surface area contributed by atoms with Gasteiger partial charge in [0.15, 0.2) is 0 Å². The Labute approximate surface area is 170 Å². The Morgan fingerprint density at radius 3 is 2.60 bits per heavy atom. The van der Waals surface area contributed by atoms with Crippen molar-refractivity contribution in [2.75, 3.05) is 5.32 Å². The molecule has 0 aliphatic carbocycles. The van der Waals surface area contributed by atoms with Gasteiger partial charge in [0.25, 0.3) is 0 Å². The van der Waals surface area contributed by atoms with E-state index >= 15 is 0 Å². The van der Waals surface area contributed by atoms with Gasteiger partial charge in [-0.05, 0) is 37.6 Å². The first-order valence-electron chi connectivity index (χ1n) is 9.28. The molecule has 0 amide bonds. The van der Waals surface area contributed by atoms with Crippen molar-refractivity contribution in [3.05, 3.63) is 65.9 Å². The summed E-state index contributed by atoms with van der Waals surface area (Å²) < 4.78 is 40.9. The van der Waals surface area contributed by atoms with Crippen molar-refractivity contribution < 1.29 is 13.2 Å². The second-order valence-corrected chi connectivity index (χ2v) is 7.10. The van der Waals surface area contributed by atoms with E-state index in [1.807, 2.05) is 19.3 Å². The molecule has 154 valence electrons. The van der Waals surface area contributed by atoms with Crippen LogP contribution in [0.4, 0.5) is 19.0 Å². The number of aromatic nitrogens is 5. The number of halogens is 3. The molecule has 0 bridgehead atoms. The standard InChI is InChI=1S/C21H19F3N6/c1-12(14-5-4-6-16(7-14)21(22,23)24)27-20-17-8-18(15-9-26-30(3)11-15)25-10-19(17)28-13(2)29-20/h4-12H,1-3H3,(H,27,28,29)/t12-/m1/s1. The second-order valence-electron chi connectivity index (χ2n) is 7.10. The topological polar surface area (TPSA) is 68.5 Å². The number of hydrogen-bond acceptors (Lipinski definition) is 5. The lowest BCUT2D eigenvalue weighted by Gasteiger charge is -2.18. The lowest BCUT2D eigenvalue weighted by Crippen LogP contribution is -2.12. The lowest BCUT2D eigenvalue weighted by atomic mass is 10.0. The SMILES string of the molecule is Cc1nc(N[C@H](C)c2cccc(C(F)(F)F)c2)c2cc(-c3cnn(C)c3)ncc2n1. The summed E-state index contributed by atoms with van der Waals surface area (Å²) >= 11 is 0. The maximum Gasteiger partial charge on any atom is 0.416 e. The maximum absolute atomic E-state index is 13.1. The number of anilines is 1. The van der Waals surface area contributed by atoms with Gasteiger partial charge in [0, 0.05) is 30.2 Å². The maximum atomic E-state index is 13.1. The third-order valence-corrected chi connectivity index (χ3v) is 4.76. The molecule has 0 aliphatic rings. The number of rotatable bonds is 4. The van der Waals surface area contributed by atoms with Crippen molar-refractivity contribution in [1.82, 2.24) is 24.7 Å². The van der Waals surface area contributed by atoms with Gasteiger partial charge in [-0.2, -0.15) is 18.3 Å². The van der Waals surface area contributed by atoms with Gasteiger partial charge < -0.3 is 5.32 Å². The van der Waals surface area contributed by atoms with E-state index in [2.05, 4.69) is 25.4 Å². The molecule has 0 unspecified atom stereocenters. The van der Waals surface area contributed by atoms with Gasteiger partial charge >= 0.3 is 6.18 Å². The molecule has 6 nitrogen and oxygen atoms in total. The van der Waals surface area contributed by atoms with Gasteiger partial charge in [-0.1, -0.05) is 12.1 Å². The number of benzene rings is 1. The molecule has 1 atom stereocenters. The van der Waals surface area contributed by atoms with Gasteiger partial charge in [-0.3, -0.25) is 9.67 Å². The minimum absolute atomic E-state index is 0.403. The molecule has 4 rings (SSSR count). The number of hydrogen-bond donors (Lipinski definition) is 1. The monoisotopic (exact) mass is 412 g/mol. The number of nitrogens with one attached hydrogen (secondary N) is 1. The predicted octanol–water partition coefficient (Wildman–Crippen LogP) is 4.93. The van der Waals surface area contributed by atoms with E-state index in [0.717, 1.165) is 23.1 Å². The fourth-order valence-electron chi connectivity index (χ4n) is 3.24. The highest BCUT2D eigenvalue weighted by Gasteiger charge is 2.30. The van der Waals surface area contributed by atoms with Crippen molar-refractivity contribution in [1.29, 1.82) is 0 Å². The van der Waals surface area contributed by atoms with Gasteiger partial charge in [-0.25, -0.2) is 9.97 Å². The summed E-state index contributed by atoms with van der Waals surface area (Å²) in [7, 11) is 1.82. The lowest BCUT2D eigenvalue weighted by molar-refractivity contribution is -0.137. The van der Waals surface area contributed by atoms with Crippen molar-refractivity contribution in [2.24, 2.45) is 7.05 Å². The smallest absolute Gasteiger partial charge is 0.363 e. The summed E-state index contributed by atoms with van der Waals surface area (Å²) in [6.07, 6.45) is 0.827. The van der Waals surface area contributed by atoms with Gasteiger partial charge in [-0.15, -0.1) is 0 Å². The summed E-state index contributed by atoms with van der Waals surface area (Å²) in [5.41, 5.74) is 2.03. The average molecular weight is 412 g/mol. The summed E-state index contributed by atoms with van der Waals surface area (Å²) in [6, 6.07) is 6.73. The van der Waals surface area contributed by atoms with E-state index in [4.69, 9.17) is 0 Å². The first-order chi connectivity index (χ1) is 14.2. The second kappa shape index (κ2) is 7.40.